The van der Waals surface area contributed by atoms with Gasteiger partial charge in [-0.05, 0) is 35.1 Å². The zero-order valence-electron chi connectivity index (χ0n) is 10.4. The number of benzene rings is 1. The largest absolute Gasteiger partial charge is 0.394 e. The van der Waals surface area contributed by atoms with Crippen LogP contribution in [-0.4, -0.2) is 18.3 Å². The van der Waals surface area contributed by atoms with E-state index in [2.05, 4.69) is 44.3 Å². The summed E-state index contributed by atoms with van der Waals surface area (Å²) in [6, 6.07) is 6.79. The fourth-order valence-corrected chi connectivity index (χ4v) is 2.28. The summed E-state index contributed by atoms with van der Waals surface area (Å²) in [5.41, 5.74) is 4.24. The summed E-state index contributed by atoms with van der Waals surface area (Å²) >= 11 is 0. The zero-order chi connectivity index (χ0) is 11.8. The van der Waals surface area contributed by atoms with Crippen LogP contribution in [-0.2, 0) is 11.8 Å². The molecule has 0 spiro atoms. The van der Waals surface area contributed by atoms with Crippen LogP contribution in [0.2, 0.25) is 0 Å². The third-order valence-electron chi connectivity index (χ3n) is 3.35. The Kier molecular flexibility index (Phi) is 3.04. The van der Waals surface area contributed by atoms with Crippen molar-refractivity contribution in [3.63, 3.8) is 0 Å². The molecule has 1 aliphatic rings. The highest BCUT2D eigenvalue weighted by atomic mass is 16.3. The predicted molar refractivity (Wildman–Crippen MR) is 66.7 cm³/mol. The van der Waals surface area contributed by atoms with Gasteiger partial charge >= 0.3 is 0 Å². The summed E-state index contributed by atoms with van der Waals surface area (Å²) in [5.74, 6) is 0. The van der Waals surface area contributed by atoms with Crippen LogP contribution < -0.4 is 5.32 Å². The maximum atomic E-state index is 9.30. The predicted octanol–water partition coefficient (Wildman–Crippen LogP) is 2.16. The molecule has 0 amide bonds. The molecule has 0 fully saturated rings. The molecule has 1 aromatic rings. The van der Waals surface area contributed by atoms with E-state index in [0.717, 1.165) is 13.0 Å². The zero-order valence-corrected chi connectivity index (χ0v) is 10.4. The molecular weight excluding hydrogens is 198 g/mol. The first kappa shape index (κ1) is 11.6. The molecule has 0 bridgehead atoms. The Balaban J connectivity index is 2.39. The smallest absolute Gasteiger partial charge is 0.0626 e. The monoisotopic (exact) mass is 219 g/mol. The molecule has 0 aliphatic carbocycles. The van der Waals surface area contributed by atoms with Crippen LogP contribution in [0.5, 0.6) is 0 Å². The Hall–Kier alpha value is -0.860. The minimum absolute atomic E-state index is 0.123. The minimum Gasteiger partial charge on any atom is -0.394 e. The molecule has 0 radical (unpaired) electrons. The van der Waals surface area contributed by atoms with E-state index in [1.165, 1.54) is 16.7 Å². The van der Waals surface area contributed by atoms with Gasteiger partial charge in [-0.15, -0.1) is 0 Å². The second-order valence-electron chi connectivity index (χ2n) is 5.60. The third kappa shape index (κ3) is 2.13. The van der Waals surface area contributed by atoms with Crippen molar-refractivity contribution in [2.75, 3.05) is 13.2 Å². The van der Waals surface area contributed by atoms with Crippen molar-refractivity contribution >= 4 is 0 Å². The molecule has 1 aromatic carbocycles. The van der Waals surface area contributed by atoms with E-state index in [1.807, 2.05) is 0 Å². The summed E-state index contributed by atoms with van der Waals surface area (Å²) in [6.45, 7) is 7.85. The fraction of sp³-hybridized carbons (Fsp3) is 0.571. The van der Waals surface area contributed by atoms with Crippen LogP contribution in [0.25, 0.3) is 0 Å². The number of rotatable bonds is 1. The molecule has 2 heteroatoms. The normalized spacial score (nSPS) is 20.6. The van der Waals surface area contributed by atoms with Crippen molar-refractivity contribution in [2.24, 2.45) is 0 Å². The second-order valence-corrected chi connectivity index (χ2v) is 5.60. The molecule has 88 valence electrons. The first-order valence-corrected chi connectivity index (χ1v) is 6.00. The van der Waals surface area contributed by atoms with Crippen molar-refractivity contribution in [1.82, 2.24) is 5.32 Å². The van der Waals surface area contributed by atoms with Crippen LogP contribution in [0.1, 0.15) is 43.5 Å². The molecule has 0 saturated carbocycles. The van der Waals surface area contributed by atoms with Gasteiger partial charge in [0.2, 0.25) is 0 Å². The number of aliphatic hydroxyl groups is 1. The maximum absolute atomic E-state index is 9.30. The molecule has 1 atom stereocenters. The number of aliphatic hydroxyl groups excluding tert-OH is 1. The Morgan fingerprint density at radius 3 is 2.75 bits per heavy atom. The molecule has 2 N–H and O–H groups in total. The lowest BCUT2D eigenvalue weighted by molar-refractivity contribution is 0.240. The van der Waals surface area contributed by atoms with Crippen molar-refractivity contribution < 1.29 is 5.11 Å². The average Bonchev–Trinajstić information content (AvgIpc) is 2.26. The molecule has 1 aliphatic heterocycles. The van der Waals surface area contributed by atoms with Crippen LogP contribution in [0.3, 0.4) is 0 Å². The molecule has 16 heavy (non-hydrogen) atoms. The first-order valence-electron chi connectivity index (χ1n) is 6.00. The lowest BCUT2D eigenvalue weighted by atomic mass is 9.83. The summed E-state index contributed by atoms with van der Waals surface area (Å²) in [4.78, 5) is 0. The molecule has 0 aromatic heterocycles. The van der Waals surface area contributed by atoms with Gasteiger partial charge in [0.05, 0.1) is 12.6 Å². The van der Waals surface area contributed by atoms with E-state index >= 15 is 0 Å². The van der Waals surface area contributed by atoms with E-state index in [4.69, 9.17) is 0 Å². The Bertz CT molecular complexity index is 379. The Morgan fingerprint density at radius 2 is 2.12 bits per heavy atom. The summed E-state index contributed by atoms with van der Waals surface area (Å²) in [7, 11) is 0. The van der Waals surface area contributed by atoms with Gasteiger partial charge < -0.3 is 10.4 Å². The molecule has 1 heterocycles. The summed E-state index contributed by atoms with van der Waals surface area (Å²) in [5, 5.41) is 12.6. The highest BCUT2D eigenvalue weighted by Crippen LogP contribution is 2.29. The number of nitrogens with one attached hydrogen (secondary N) is 1. The number of hydrogen-bond donors (Lipinski definition) is 2. The van der Waals surface area contributed by atoms with Crippen LogP contribution in [0.4, 0.5) is 0 Å². The van der Waals surface area contributed by atoms with Crippen molar-refractivity contribution in [1.29, 1.82) is 0 Å². The van der Waals surface area contributed by atoms with Gasteiger partial charge in [0.1, 0.15) is 0 Å². The van der Waals surface area contributed by atoms with Gasteiger partial charge in [0.15, 0.2) is 0 Å². The van der Waals surface area contributed by atoms with Crippen molar-refractivity contribution in [3.05, 3.63) is 34.9 Å². The second kappa shape index (κ2) is 4.19. The third-order valence-corrected chi connectivity index (χ3v) is 3.35. The average molecular weight is 219 g/mol. The molecule has 2 nitrogen and oxygen atoms in total. The van der Waals surface area contributed by atoms with Crippen LogP contribution >= 0.6 is 0 Å². The van der Waals surface area contributed by atoms with Gasteiger partial charge in [0.25, 0.3) is 0 Å². The minimum atomic E-state index is 0.123. The van der Waals surface area contributed by atoms with Gasteiger partial charge in [-0.1, -0.05) is 39.0 Å². The van der Waals surface area contributed by atoms with Gasteiger partial charge in [0, 0.05) is 0 Å². The van der Waals surface area contributed by atoms with E-state index in [9.17, 15) is 5.11 Å². The molecule has 0 saturated heterocycles. The van der Waals surface area contributed by atoms with Gasteiger partial charge in [-0.2, -0.15) is 0 Å². The Morgan fingerprint density at radius 1 is 1.38 bits per heavy atom. The molecule has 2 rings (SSSR count). The number of fused-ring (bicyclic) bond motifs is 1. The van der Waals surface area contributed by atoms with Crippen molar-refractivity contribution in [3.8, 4) is 0 Å². The van der Waals surface area contributed by atoms with E-state index in [0.29, 0.717) is 0 Å². The first-order chi connectivity index (χ1) is 7.52. The van der Waals surface area contributed by atoms with Gasteiger partial charge in [-0.3, -0.25) is 0 Å². The van der Waals surface area contributed by atoms with Crippen LogP contribution in [0, 0.1) is 0 Å². The number of hydrogen-bond acceptors (Lipinski definition) is 2. The highest BCUT2D eigenvalue weighted by molar-refractivity contribution is 5.38. The van der Waals surface area contributed by atoms with E-state index in [-0.39, 0.29) is 18.1 Å². The lowest BCUT2D eigenvalue weighted by Crippen LogP contribution is -2.32. The molecule has 1 unspecified atom stereocenters. The molecular formula is C14H21NO. The maximum Gasteiger partial charge on any atom is 0.0626 e. The summed E-state index contributed by atoms with van der Waals surface area (Å²) < 4.78 is 0. The highest BCUT2D eigenvalue weighted by Gasteiger charge is 2.21. The van der Waals surface area contributed by atoms with E-state index in [1.54, 1.807) is 0 Å². The van der Waals surface area contributed by atoms with E-state index < -0.39 is 0 Å². The summed E-state index contributed by atoms with van der Waals surface area (Å²) in [6.07, 6.45) is 1.07. The lowest BCUT2D eigenvalue weighted by Gasteiger charge is -2.28. The topological polar surface area (TPSA) is 32.3 Å². The quantitative estimate of drug-likeness (QED) is 0.758. The standard InChI is InChI=1S/C14H21NO/c1-14(2,3)11-4-5-12-10(8-11)6-7-15-13(12)9-16/h4-5,8,13,15-16H,6-7,9H2,1-3H3. The van der Waals surface area contributed by atoms with Gasteiger partial charge in [-0.25, -0.2) is 0 Å². The Labute approximate surface area is 97.7 Å². The van der Waals surface area contributed by atoms with Crippen molar-refractivity contribution in [2.45, 2.75) is 38.6 Å². The SMILES string of the molecule is CC(C)(C)c1ccc2c(c1)CCNC2CO. The van der Waals surface area contributed by atoms with Crippen LogP contribution in [0.15, 0.2) is 18.2 Å². The fourth-order valence-electron chi connectivity index (χ4n) is 2.28.